The second-order valence-corrected chi connectivity index (χ2v) is 10.7. The second-order valence-electron chi connectivity index (χ2n) is 8.48. The van der Waals surface area contributed by atoms with E-state index in [1.807, 2.05) is 0 Å². The minimum Gasteiger partial charge on any atom is -0.355 e. The molecule has 2 aromatic carbocycles. The van der Waals surface area contributed by atoms with Crippen LogP contribution < -0.4 is 9.62 Å². The molecule has 0 spiro atoms. The van der Waals surface area contributed by atoms with E-state index < -0.39 is 45.8 Å². The van der Waals surface area contributed by atoms with Gasteiger partial charge in [0, 0.05) is 19.6 Å². The molecule has 0 radical (unpaired) electrons. The third-order valence-corrected chi connectivity index (χ3v) is 7.95. The zero-order valence-corrected chi connectivity index (χ0v) is 21.1. The number of carbonyl (C=O) groups is 2. The van der Waals surface area contributed by atoms with E-state index in [0.717, 1.165) is 12.1 Å². The summed E-state index contributed by atoms with van der Waals surface area (Å²) in [5.41, 5.74) is -1.58. The lowest BCUT2D eigenvalue weighted by molar-refractivity contribution is -0.137. The SMILES string of the molecule is N#CCC(=O)NCC1CCCN(C(=O)CN(c2cc(C(F)(F)F)ccc2Cl)S(=O)(=O)c2ccccc2)C1. The third-order valence-electron chi connectivity index (χ3n) is 5.85. The van der Waals surface area contributed by atoms with Crippen LogP contribution in [0.3, 0.4) is 0 Å². The predicted molar refractivity (Wildman–Crippen MR) is 130 cm³/mol. The molecule has 1 saturated heterocycles. The van der Waals surface area contributed by atoms with Gasteiger partial charge in [0.25, 0.3) is 10.0 Å². The first kappa shape index (κ1) is 28.3. The Balaban J connectivity index is 1.90. The molecule has 8 nitrogen and oxygen atoms in total. The van der Waals surface area contributed by atoms with Crippen LogP contribution in [0, 0.1) is 17.2 Å². The zero-order valence-electron chi connectivity index (χ0n) is 19.5. The first-order valence-corrected chi connectivity index (χ1v) is 13.1. The summed E-state index contributed by atoms with van der Waals surface area (Å²) < 4.78 is 67.9. The third kappa shape index (κ3) is 7.14. The molecule has 1 atom stereocenters. The molecule has 1 aliphatic heterocycles. The van der Waals surface area contributed by atoms with E-state index in [-0.39, 0.29) is 35.3 Å². The molecule has 2 aromatic rings. The Kier molecular flexibility index (Phi) is 9.04. The predicted octanol–water partition coefficient (Wildman–Crippen LogP) is 3.82. The second kappa shape index (κ2) is 11.8. The lowest BCUT2D eigenvalue weighted by Crippen LogP contribution is -2.48. The van der Waals surface area contributed by atoms with Crippen LogP contribution in [0.1, 0.15) is 24.8 Å². The average molecular weight is 557 g/mol. The number of likely N-dealkylation sites (tertiary alicyclic amines) is 1. The summed E-state index contributed by atoms with van der Waals surface area (Å²) in [6.45, 7) is -0.0141. The summed E-state index contributed by atoms with van der Waals surface area (Å²) in [6.07, 6.45) is -3.77. The fraction of sp³-hybridized carbons (Fsp3) is 0.375. The van der Waals surface area contributed by atoms with Crippen molar-refractivity contribution in [3.05, 3.63) is 59.1 Å². The number of nitriles is 1. The Hall–Kier alpha value is -3.30. The molecule has 0 aromatic heterocycles. The highest BCUT2D eigenvalue weighted by Gasteiger charge is 2.35. The van der Waals surface area contributed by atoms with E-state index in [9.17, 15) is 31.2 Å². The number of hydrogen-bond acceptors (Lipinski definition) is 5. The molecule has 2 amide bonds. The van der Waals surface area contributed by atoms with Gasteiger partial charge in [0.2, 0.25) is 11.8 Å². The number of hydrogen-bond donors (Lipinski definition) is 1. The first-order valence-electron chi connectivity index (χ1n) is 11.3. The highest BCUT2D eigenvalue weighted by Crippen LogP contribution is 2.37. The maximum atomic E-state index is 13.5. The number of halogens is 4. The lowest BCUT2D eigenvalue weighted by atomic mass is 9.98. The van der Waals surface area contributed by atoms with E-state index in [1.165, 1.54) is 29.2 Å². The molecule has 37 heavy (non-hydrogen) atoms. The molecular weight excluding hydrogens is 533 g/mol. The van der Waals surface area contributed by atoms with E-state index in [1.54, 1.807) is 12.1 Å². The van der Waals surface area contributed by atoms with Gasteiger partial charge in [0.1, 0.15) is 13.0 Å². The number of nitrogens with zero attached hydrogens (tertiary/aromatic N) is 3. The zero-order chi connectivity index (χ0) is 27.2. The molecule has 0 saturated carbocycles. The van der Waals surface area contributed by atoms with Crippen LogP contribution >= 0.6 is 11.6 Å². The Morgan fingerprint density at radius 1 is 1.19 bits per heavy atom. The molecule has 1 unspecified atom stereocenters. The van der Waals surface area contributed by atoms with Crippen LogP contribution in [-0.2, 0) is 25.8 Å². The summed E-state index contributed by atoms with van der Waals surface area (Å²) in [5, 5.41) is 11.0. The quantitative estimate of drug-likeness (QED) is 0.531. The van der Waals surface area contributed by atoms with Crippen LogP contribution in [0.25, 0.3) is 0 Å². The number of amides is 2. The average Bonchev–Trinajstić information content (AvgIpc) is 2.86. The number of carbonyl (C=O) groups excluding carboxylic acids is 2. The van der Waals surface area contributed by atoms with Crippen molar-refractivity contribution in [3.63, 3.8) is 0 Å². The number of nitrogens with one attached hydrogen (secondary N) is 1. The van der Waals surface area contributed by atoms with Gasteiger partial charge in [-0.15, -0.1) is 0 Å². The highest BCUT2D eigenvalue weighted by atomic mass is 35.5. The summed E-state index contributed by atoms with van der Waals surface area (Å²) in [4.78, 5) is 26.1. The van der Waals surface area contributed by atoms with Crippen molar-refractivity contribution >= 4 is 39.1 Å². The van der Waals surface area contributed by atoms with Crippen molar-refractivity contribution in [1.29, 1.82) is 5.26 Å². The summed E-state index contributed by atoms with van der Waals surface area (Å²) in [6, 6.07) is 11.1. The van der Waals surface area contributed by atoms with Gasteiger partial charge in [0.05, 0.1) is 27.2 Å². The fourth-order valence-corrected chi connectivity index (χ4v) is 5.69. The molecule has 1 fully saturated rings. The molecule has 0 aliphatic carbocycles. The van der Waals surface area contributed by atoms with Gasteiger partial charge in [-0.3, -0.25) is 13.9 Å². The van der Waals surface area contributed by atoms with Gasteiger partial charge in [-0.25, -0.2) is 8.42 Å². The van der Waals surface area contributed by atoms with E-state index in [0.29, 0.717) is 29.8 Å². The highest BCUT2D eigenvalue weighted by molar-refractivity contribution is 7.92. The number of alkyl halides is 3. The summed E-state index contributed by atoms with van der Waals surface area (Å²) in [5.74, 6) is -1.19. The summed E-state index contributed by atoms with van der Waals surface area (Å²) >= 11 is 6.16. The molecular formula is C24H24ClF3N4O4S. The number of benzene rings is 2. The number of anilines is 1. The smallest absolute Gasteiger partial charge is 0.355 e. The summed E-state index contributed by atoms with van der Waals surface area (Å²) in [7, 11) is -4.47. The van der Waals surface area contributed by atoms with Crippen molar-refractivity contribution in [1.82, 2.24) is 10.2 Å². The van der Waals surface area contributed by atoms with Crippen molar-refractivity contribution in [2.45, 2.75) is 30.3 Å². The van der Waals surface area contributed by atoms with Gasteiger partial charge >= 0.3 is 6.18 Å². The minimum absolute atomic E-state index is 0.128. The van der Waals surface area contributed by atoms with Gasteiger partial charge in [-0.2, -0.15) is 18.4 Å². The molecule has 13 heteroatoms. The van der Waals surface area contributed by atoms with Gasteiger partial charge < -0.3 is 10.2 Å². The van der Waals surface area contributed by atoms with Crippen molar-refractivity contribution in [3.8, 4) is 6.07 Å². The van der Waals surface area contributed by atoms with Crippen LogP contribution in [0.4, 0.5) is 18.9 Å². The van der Waals surface area contributed by atoms with Crippen LogP contribution in [0.5, 0.6) is 0 Å². The standard InChI is InChI=1S/C24H24ClF3N4O4S/c25-20-9-8-18(24(26,27)28)13-21(20)32(37(35,36)19-6-2-1-3-7-19)16-23(34)31-12-4-5-17(15-31)14-30-22(33)10-11-29/h1-3,6-9,13,17H,4-5,10,12,14-16H2,(H,30,33). The monoisotopic (exact) mass is 556 g/mol. The van der Waals surface area contributed by atoms with E-state index in [2.05, 4.69) is 5.32 Å². The van der Waals surface area contributed by atoms with Crippen molar-refractivity contribution in [2.24, 2.45) is 5.92 Å². The number of sulfonamides is 1. The topological polar surface area (TPSA) is 111 Å². The van der Waals surface area contributed by atoms with Crippen molar-refractivity contribution < 1.29 is 31.2 Å². The molecule has 198 valence electrons. The Morgan fingerprint density at radius 3 is 2.54 bits per heavy atom. The van der Waals surface area contributed by atoms with Gasteiger partial charge in [-0.1, -0.05) is 29.8 Å². The first-order chi connectivity index (χ1) is 17.4. The molecule has 1 N–H and O–H groups in total. The maximum absolute atomic E-state index is 13.5. The fourth-order valence-electron chi connectivity index (χ4n) is 3.97. The molecule has 1 aliphatic rings. The van der Waals surface area contributed by atoms with Crippen LogP contribution in [-0.4, -0.2) is 51.3 Å². The van der Waals surface area contributed by atoms with Crippen LogP contribution in [0.15, 0.2) is 53.4 Å². The van der Waals surface area contributed by atoms with Crippen LogP contribution in [0.2, 0.25) is 5.02 Å². The molecule has 0 bridgehead atoms. The van der Waals surface area contributed by atoms with Gasteiger partial charge in [-0.05, 0) is 49.1 Å². The molecule has 3 rings (SSSR count). The van der Waals surface area contributed by atoms with E-state index in [4.69, 9.17) is 16.9 Å². The van der Waals surface area contributed by atoms with Crippen molar-refractivity contribution in [2.75, 3.05) is 30.5 Å². The van der Waals surface area contributed by atoms with Gasteiger partial charge in [0.15, 0.2) is 0 Å². The number of piperidine rings is 1. The Bertz CT molecular complexity index is 1280. The maximum Gasteiger partial charge on any atom is 0.416 e. The Morgan fingerprint density at radius 2 is 1.89 bits per heavy atom. The lowest BCUT2D eigenvalue weighted by Gasteiger charge is -2.35. The normalized spacial score (nSPS) is 16.1. The van der Waals surface area contributed by atoms with E-state index >= 15 is 0 Å². The number of rotatable bonds is 8. The molecule has 1 heterocycles. The minimum atomic E-state index is -4.76. The largest absolute Gasteiger partial charge is 0.416 e. The Labute approximate surface area is 217 Å².